The number of rotatable bonds is 3. The van der Waals surface area contributed by atoms with Gasteiger partial charge in [-0.15, -0.1) is 0 Å². The molecule has 0 aromatic carbocycles. The molecular formula is C8H11N3O5. The van der Waals surface area contributed by atoms with Gasteiger partial charge < -0.3 is 5.11 Å². The van der Waals surface area contributed by atoms with E-state index in [2.05, 4.69) is 0 Å². The van der Waals surface area contributed by atoms with Crippen molar-refractivity contribution < 1.29 is 10.0 Å². The number of aromatic nitrogens is 2. The number of nitro groups is 1. The summed E-state index contributed by atoms with van der Waals surface area (Å²) in [7, 11) is 0. The average Bonchev–Trinajstić information content (AvgIpc) is 2.16. The maximum Gasteiger partial charge on any atom is 0.350 e. The van der Waals surface area contributed by atoms with Crippen molar-refractivity contribution in [2.24, 2.45) is 0 Å². The van der Waals surface area contributed by atoms with Crippen LogP contribution in [-0.4, -0.2) is 25.7 Å². The molecule has 0 fully saturated rings. The number of aromatic amines is 1. The van der Waals surface area contributed by atoms with Crippen LogP contribution in [0.3, 0.4) is 0 Å². The molecule has 0 aliphatic carbocycles. The summed E-state index contributed by atoms with van der Waals surface area (Å²) in [5, 5.41) is 19.8. The largest absolute Gasteiger partial charge is 0.391 e. The summed E-state index contributed by atoms with van der Waals surface area (Å²) in [5.41, 5.74) is -2.57. The predicted molar refractivity (Wildman–Crippen MR) is 54.4 cm³/mol. The number of hydrogen-bond acceptors (Lipinski definition) is 5. The summed E-state index contributed by atoms with van der Waals surface area (Å²) in [6.07, 6.45) is -0.0401. The molecule has 2 N–H and O–H groups in total. The van der Waals surface area contributed by atoms with Crippen LogP contribution in [0.2, 0.25) is 0 Å². The minimum Gasteiger partial charge on any atom is -0.391 e. The molecule has 8 heteroatoms. The smallest absolute Gasteiger partial charge is 0.350 e. The molecule has 0 amide bonds. The first-order chi connectivity index (χ1) is 7.34. The van der Waals surface area contributed by atoms with Gasteiger partial charge in [-0.3, -0.25) is 24.5 Å². The quantitative estimate of drug-likeness (QED) is 0.529. The Morgan fingerprint density at radius 1 is 1.50 bits per heavy atom. The highest BCUT2D eigenvalue weighted by Crippen LogP contribution is 2.09. The SMILES string of the molecule is CC(O)C(C)n1cc([N+](=O)[O-])c(=O)[nH]c1=O. The summed E-state index contributed by atoms with van der Waals surface area (Å²) in [6.45, 7) is 2.95. The van der Waals surface area contributed by atoms with Crippen LogP contribution in [0.1, 0.15) is 19.9 Å². The van der Waals surface area contributed by atoms with E-state index in [-0.39, 0.29) is 0 Å². The molecule has 0 aliphatic rings. The van der Waals surface area contributed by atoms with Crippen LogP contribution in [0.15, 0.2) is 15.8 Å². The van der Waals surface area contributed by atoms with Gasteiger partial charge in [-0.2, -0.15) is 0 Å². The molecule has 1 aromatic heterocycles. The second-order valence-electron chi connectivity index (χ2n) is 3.42. The Morgan fingerprint density at radius 3 is 2.50 bits per heavy atom. The maximum atomic E-state index is 11.3. The summed E-state index contributed by atoms with van der Waals surface area (Å²) in [5.74, 6) is 0. The van der Waals surface area contributed by atoms with Crippen LogP contribution in [-0.2, 0) is 0 Å². The van der Waals surface area contributed by atoms with Crippen molar-refractivity contribution in [3.8, 4) is 0 Å². The predicted octanol–water partition coefficient (Wildman–Crippen LogP) is -0.613. The van der Waals surface area contributed by atoms with Crippen LogP contribution in [0.4, 0.5) is 5.69 Å². The summed E-state index contributed by atoms with van der Waals surface area (Å²) in [6, 6.07) is -0.664. The van der Waals surface area contributed by atoms with Crippen LogP contribution in [0.25, 0.3) is 0 Å². The zero-order chi connectivity index (χ0) is 12.5. The number of aliphatic hydroxyl groups excluding tert-OH is 1. The van der Waals surface area contributed by atoms with E-state index in [1.54, 1.807) is 0 Å². The molecule has 2 atom stereocenters. The molecule has 88 valence electrons. The molecule has 1 aromatic rings. The van der Waals surface area contributed by atoms with Crippen molar-refractivity contribution in [1.29, 1.82) is 0 Å². The van der Waals surface area contributed by atoms with Gasteiger partial charge in [0.05, 0.1) is 23.3 Å². The third kappa shape index (κ3) is 2.16. The summed E-state index contributed by atoms with van der Waals surface area (Å²) >= 11 is 0. The fourth-order valence-electron chi connectivity index (χ4n) is 1.14. The Hall–Kier alpha value is -1.96. The Kier molecular flexibility index (Phi) is 3.23. The van der Waals surface area contributed by atoms with Gasteiger partial charge in [-0.25, -0.2) is 4.79 Å². The number of nitrogens with zero attached hydrogens (tertiary/aromatic N) is 2. The lowest BCUT2D eigenvalue weighted by Crippen LogP contribution is -2.35. The highest BCUT2D eigenvalue weighted by atomic mass is 16.6. The first-order valence-electron chi connectivity index (χ1n) is 4.52. The third-order valence-electron chi connectivity index (χ3n) is 2.28. The third-order valence-corrected chi connectivity index (χ3v) is 2.28. The van der Waals surface area contributed by atoms with E-state index >= 15 is 0 Å². The number of aliphatic hydroxyl groups is 1. The Bertz CT molecular complexity index is 515. The Labute approximate surface area is 89.3 Å². The van der Waals surface area contributed by atoms with E-state index in [9.17, 15) is 24.8 Å². The topological polar surface area (TPSA) is 118 Å². The van der Waals surface area contributed by atoms with Crippen molar-refractivity contribution >= 4 is 5.69 Å². The second-order valence-corrected chi connectivity index (χ2v) is 3.42. The van der Waals surface area contributed by atoms with Crippen LogP contribution >= 0.6 is 0 Å². The standard InChI is InChI=1S/C8H11N3O5/c1-4(5(2)12)10-3-6(11(15)16)7(13)9-8(10)14/h3-5,12H,1-2H3,(H,9,13,14). The molecule has 0 bridgehead atoms. The number of H-pyrrole nitrogens is 1. The average molecular weight is 229 g/mol. The molecule has 0 spiro atoms. The number of hydrogen-bond donors (Lipinski definition) is 2. The molecule has 0 aliphatic heterocycles. The van der Waals surface area contributed by atoms with Gasteiger partial charge in [-0.05, 0) is 13.8 Å². The van der Waals surface area contributed by atoms with E-state index < -0.39 is 34.0 Å². The number of nitrogens with one attached hydrogen (secondary N) is 1. The molecule has 0 saturated heterocycles. The lowest BCUT2D eigenvalue weighted by atomic mass is 10.2. The van der Waals surface area contributed by atoms with Gasteiger partial charge in [0.1, 0.15) is 0 Å². The molecule has 16 heavy (non-hydrogen) atoms. The molecular weight excluding hydrogens is 218 g/mol. The lowest BCUT2D eigenvalue weighted by Gasteiger charge is -2.16. The minimum atomic E-state index is -1.05. The van der Waals surface area contributed by atoms with Gasteiger partial charge in [0.15, 0.2) is 0 Å². The van der Waals surface area contributed by atoms with Crippen LogP contribution < -0.4 is 11.2 Å². The van der Waals surface area contributed by atoms with Crippen molar-refractivity contribution in [3.63, 3.8) is 0 Å². The monoisotopic (exact) mass is 229 g/mol. The van der Waals surface area contributed by atoms with Crippen molar-refractivity contribution in [2.45, 2.75) is 26.0 Å². The van der Waals surface area contributed by atoms with Gasteiger partial charge in [0, 0.05) is 0 Å². The fraction of sp³-hybridized carbons (Fsp3) is 0.500. The zero-order valence-electron chi connectivity index (χ0n) is 8.71. The molecule has 0 saturated carbocycles. The summed E-state index contributed by atoms with van der Waals surface area (Å²) < 4.78 is 0.921. The molecule has 8 nitrogen and oxygen atoms in total. The Balaban J connectivity index is 3.42. The van der Waals surface area contributed by atoms with Gasteiger partial charge in [-0.1, -0.05) is 0 Å². The van der Waals surface area contributed by atoms with Gasteiger partial charge in [0.25, 0.3) is 0 Å². The van der Waals surface area contributed by atoms with E-state index in [4.69, 9.17) is 0 Å². The van der Waals surface area contributed by atoms with Gasteiger partial charge >= 0.3 is 16.9 Å². The molecule has 1 rings (SSSR count). The molecule has 1 heterocycles. The van der Waals surface area contributed by atoms with E-state index in [0.29, 0.717) is 0 Å². The summed E-state index contributed by atoms with van der Waals surface area (Å²) in [4.78, 5) is 33.8. The Morgan fingerprint density at radius 2 is 2.06 bits per heavy atom. The minimum absolute atomic E-state index is 0.664. The van der Waals surface area contributed by atoms with Crippen molar-refractivity contribution in [2.75, 3.05) is 0 Å². The van der Waals surface area contributed by atoms with Crippen LogP contribution in [0, 0.1) is 10.1 Å². The normalized spacial score (nSPS) is 14.4. The van der Waals surface area contributed by atoms with E-state index in [1.165, 1.54) is 13.8 Å². The highest BCUT2D eigenvalue weighted by molar-refractivity contribution is 5.21. The van der Waals surface area contributed by atoms with E-state index in [1.807, 2.05) is 4.98 Å². The van der Waals surface area contributed by atoms with Crippen LogP contribution in [0.5, 0.6) is 0 Å². The van der Waals surface area contributed by atoms with Crippen molar-refractivity contribution in [1.82, 2.24) is 9.55 Å². The first-order valence-corrected chi connectivity index (χ1v) is 4.52. The molecule has 2 unspecified atom stereocenters. The molecule has 0 radical (unpaired) electrons. The second kappa shape index (κ2) is 4.27. The van der Waals surface area contributed by atoms with Crippen molar-refractivity contribution in [3.05, 3.63) is 37.1 Å². The highest BCUT2D eigenvalue weighted by Gasteiger charge is 2.19. The zero-order valence-corrected chi connectivity index (χ0v) is 8.71. The fourth-order valence-corrected chi connectivity index (χ4v) is 1.14. The first kappa shape index (κ1) is 12.1. The lowest BCUT2D eigenvalue weighted by molar-refractivity contribution is -0.386. The van der Waals surface area contributed by atoms with Gasteiger partial charge in [0.2, 0.25) is 0 Å². The maximum absolute atomic E-state index is 11.3. The van der Waals surface area contributed by atoms with E-state index in [0.717, 1.165) is 10.8 Å².